The number of amides is 1. The quantitative estimate of drug-likeness (QED) is 0.265. The second kappa shape index (κ2) is 8.39. The first kappa shape index (κ1) is 23.1. The van der Waals surface area contributed by atoms with Gasteiger partial charge in [0.1, 0.15) is 5.58 Å². The normalized spacial score (nSPS) is 15.9. The number of Topliss-reactive ketones (excluding diaryl/α,β-unsaturated/α-hetero) is 1. The minimum Gasteiger partial charge on any atom is -0.503 e. The van der Waals surface area contributed by atoms with E-state index < -0.39 is 23.5 Å². The molecule has 1 N–H and O–H groups in total. The molecular formula is C30H23ClN2O4. The Morgan fingerprint density at radius 3 is 2.57 bits per heavy atom. The fourth-order valence-electron chi connectivity index (χ4n) is 5.12. The number of para-hydroxylation sites is 1. The molecule has 3 aromatic carbocycles. The maximum absolute atomic E-state index is 14.0. The van der Waals surface area contributed by atoms with Gasteiger partial charge in [0, 0.05) is 45.8 Å². The van der Waals surface area contributed by atoms with E-state index in [0.717, 1.165) is 27.6 Å². The van der Waals surface area contributed by atoms with Gasteiger partial charge in [-0.05, 0) is 67.4 Å². The molecular weight excluding hydrogens is 488 g/mol. The van der Waals surface area contributed by atoms with Gasteiger partial charge in [0.15, 0.2) is 11.5 Å². The van der Waals surface area contributed by atoms with Crippen molar-refractivity contribution in [3.63, 3.8) is 0 Å². The number of aliphatic hydroxyl groups excluding tert-OH is 1. The third-order valence-corrected chi connectivity index (χ3v) is 7.38. The molecule has 0 aliphatic carbocycles. The van der Waals surface area contributed by atoms with E-state index in [4.69, 9.17) is 16.0 Å². The Morgan fingerprint density at radius 2 is 1.78 bits per heavy atom. The van der Waals surface area contributed by atoms with Gasteiger partial charge < -0.3 is 14.1 Å². The maximum atomic E-state index is 14.0. The number of halogens is 1. The number of hydrogen-bond acceptors (Lipinski definition) is 4. The van der Waals surface area contributed by atoms with Gasteiger partial charge in [0.2, 0.25) is 5.78 Å². The zero-order chi connectivity index (χ0) is 26.0. The number of aromatic nitrogens is 1. The van der Waals surface area contributed by atoms with E-state index in [1.165, 1.54) is 4.90 Å². The summed E-state index contributed by atoms with van der Waals surface area (Å²) < 4.78 is 7.80. The van der Waals surface area contributed by atoms with Crippen LogP contribution in [0.25, 0.3) is 21.9 Å². The van der Waals surface area contributed by atoms with Crippen molar-refractivity contribution in [2.45, 2.75) is 19.9 Å². The van der Waals surface area contributed by atoms with Crippen molar-refractivity contribution in [1.82, 2.24) is 4.57 Å². The molecule has 0 radical (unpaired) electrons. The van der Waals surface area contributed by atoms with Crippen molar-refractivity contribution in [2.75, 3.05) is 4.90 Å². The molecule has 2 aromatic heterocycles. The molecule has 1 amide bonds. The SMILES string of the molecule is Cc1ccc(N2C(=O)C(O)=C(C(=O)c3cc4cc(Cl)ccc4o3)C2c2cn(C)c3ccccc23)cc1C. The highest BCUT2D eigenvalue weighted by atomic mass is 35.5. The summed E-state index contributed by atoms with van der Waals surface area (Å²) in [5.41, 5.74) is 4.81. The number of nitrogens with zero attached hydrogens (tertiary/aromatic N) is 2. The van der Waals surface area contributed by atoms with Crippen LogP contribution in [0.1, 0.15) is 33.3 Å². The minimum atomic E-state index is -0.856. The van der Waals surface area contributed by atoms with Gasteiger partial charge in [-0.3, -0.25) is 14.5 Å². The number of carbonyl (C=O) groups is 2. The first-order valence-electron chi connectivity index (χ1n) is 11.9. The molecule has 1 aliphatic rings. The average Bonchev–Trinajstić information content (AvgIpc) is 3.53. The van der Waals surface area contributed by atoms with Crippen LogP contribution in [-0.4, -0.2) is 21.4 Å². The molecule has 1 unspecified atom stereocenters. The van der Waals surface area contributed by atoms with Crippen LogP contribution in [-0.2, 0) is 11.8 Å². The van der Waals surface area contributed by atoms with Crippen molar-refractivity contribution in [1.29, 1.82) is 0 Å². The number of hydrogen-bond donors (Lipinski definition) is 1. The zero-order valence-corrected chi connectivity index (χ0v) is 21.2. The molecule has 5 aromatic rings. The van der Waals surface area contributed by atoms with Crippen LogP contribution >= 0.6 is 11.6 Å². The topological polar surface area (TPSA) is 75.7 Å². The Labute approximate surface area is 218 Å². The zero-order valence-electron chi connectivity index (χ0n) is 20.4. The predicted molar refractivity (Wildman–Crippen MR) is 144 cm³/mol. The third kappa shape index (κ3) is 3.56. The fraction of sp³-hybridized carbons (Fsp3) is 0.133. The largest absolute Gasteiger partial charge is 0.503 e. The molecule has 0 bridgehead atoms. The molecule has 0 spiro atoms. The van der Waals surface area contributed by atoms with Crippen molar-refractivity contribution in [2.24, 2.45) is 7.05 Å². The predicted octanol–water partition coefficient (Wildman–Crippen LogP) is 6.98. The molecule has 6 rings (SSSR count). The summed E-state index contributed by atoms with van der Waals surface area (Å²) in [7, 11) is 1.91. The minimum absolute atomic E-state index is 0.0234. The van der Waals surface area contributed by atoms with Gasteiger partial charge in [-0.15, -0.1) is 0 Å². The average molecular weight is 511 g/mol. The number of rotatable bonds is 4. The summed E-state index contributed by atoms with van der Waals surface area (Å²) in [4.78, 5) is 29.1. The molecule has 37 heavy (non-hydrogen) atoms. The Morgan fingerprint density at radius 1 is 1.00 bits per heavy atom. The van der Waals surface area contributed by atoms with E-state index in [1.54, 1.807) is 24.3 Å². The first-order chi connectivity index (χ1) is 17.7. The molecule has 0 saturated heterocycles. The molecule has 0 saturated carbocycles. The number of aryl methyl sites for hydroxylation is 3. The smallest absolute Gasteiger partial charge is 0.294 e. The second-order valence-corrected chi connectivity index (χ2v) is 9.88. The Kier molecular flexibility index (Phi) is 5.24. The number of fused-ring (bicyclic) bond motifs is 2. The highest BCUT2D eigenvalue weighted by Gasteiger charge is 2.46. The standard InChI is InChI=1S/C30H23ClN2O4/c1-16-8-10-20(12-17(16)2)33-27(22-15-32(3)23-7-5-4-6-21(22)23)26(29(35)30(33)36)28(34)25-14-18-13-19(31)9-11-24(18)37-25/h4-15,27,35H,1-3H3. The summed E-state index contributed by atoms with van der Waals surface area (Å²) in [5, 5.41) is 13.2. The third-order valence-electron chi connectivity index (χ3n) is 7.15. The number of furan rings is 1. The van der Waals surface area contributed by atoms with Gasteiger partial charge in [-0.2, -0.15) is 0 Å². The van der Waals surface area contributed by atoms with E-state index >= 15 is 0 Å². The molecule has 184 valence electrons. The van der Waals surface area contributed by atoms with Gasteiger partial charge >= 0.3 is 0 Å². The Balaban J connectivity index is 1.57. The maximum Gasteiger partial charge on any atom is 0.294 e. The molecule has 6 nitrogen and oxygen atoms in total. The number of carbonyl (C=O) groups excluding carboxylic acids is 2. The van der Waals surface area contributed by atoms with Crippen LogP contribution in [0.4, 0.5) is 5.69 Å². The monoisotopic (exact) mass is 510 g/mol. The number of ketones is 1. The van der Waals surface area contributed by atoms with Crippen molar-refractivity contribution in [3.05, 3.63) is 112 Å². The molecule has 7 heteroatoms. The summed E-state index contributed by atoms with van der Waals surface area (Å²) in [6.45, 7) is 3.96. The van der Waals surface area contributed by atoms with Crippen molar-refractivity contribution in [3.8, 4) is 0 Å². The first-order valence-corrected chi connectivity index (χ1v) is 12.2. The lowest BCUT2D eigenvalue weighted by Gasteiger charge is -2.27. The van der Waals surface area contributed by atoms with Gasteiger partial charge in [0.25, 0.3) is 5.91 Å². The summed E-state index contributed by atoms with van der Waals surface area (Å²) in [5.74, 6) is -1.75. The van der Waals surface area contributed by atoms with Gasteiger partial charge in [-0.1, -0.05) is 35.9 Å². The fourth-order valence-corrected chi connectivity index (χ4v) is 5.30. The highest BCUT2D eigenvalue weighted by Crippen LogP contribution is 2.45. The van der Waals surface area contributed by atoms with Crippen LogP contribution in [0.2, 0.25) is 5.02 Å². The Bertz CT molecular complexity index is 1790. The van der Waals surface area contributed by atoms with Crippen LogP contribution in [0.3, 0.4) is 0 Å². The van der Waals surface area contributed by atoms with Crippen molar-refractivity contribution < 1.29 is 19.1 Å². The lowest BCUT2D eigenvalue weighted by atomic mass is 9.94. The van der Waals surface area contributed by atoms with E-state index in [1.807, 2.05) is 74.1 Å². The van der Waals surface area contributed by atoms with Crippen LogP contribution in [0.5, 0.6) is 0 Å². The number of anilines is 1. The van der Waals surface area contributed by atoms with E-state index in [9.17, 15) is 14.7 Å². The van der Waals surface area contributed by atoms with Crippen LogP contribution in [0, 0.1) is 13.8 Å². The lowest BCUT2D eigenvalue weighted by molar-refractivity contribution is -0.117. The van der Waals surface area contributed by atoms with E-state index in [2.05, 4.69) is 0 Å². The van der Waals surface area contributed by atoms with Gasteiger partial charge in [-0.25, -0.2) is 0 Å². The summed E-state index contributed by atoms with van der Waals surface area (Å²) in [6, 6.07) is 19.2. The Hall–Kier alpha value is -4.29. The highest BCUT2D eigenvalue weighted by molar-refractivity contribution is 6.31. The van der Waals surface area contributed by atoms with E-state index in [0.29, 0.717) is 21.7 Å². The van der Waals surface area contributed by atoms with E-state index in [-0.39, 0.29) is 11.3 Å². The second-order valence-electron chi connectivity index (χ2n) is 9.44. The van der Waals surface area contributed by atoms with Crippen molar-refractivity contribution >= 4 is 50.9 Å². The summed E-state index contributed by atoms with van der Waals surface area (Å²) in [6.07, 6.45) is 1.90. The van der Waals surface area contributed by atoms with Crippen LogP contribution in [0.15, 0.2) is 88.7 Å². The molecule has 3 heterocycles. The molecule has 1 aliphatic heterocycles. The molecule has 0 fully saturated rings. The number of benzene rings is 3. The van der Waals surface area contributed by atoms with Gasteiger partial charge in [0.05, 0.1) is 11.6 Å². The van der Waals surface area contributed by atoms with Crippen LogP contribution < -0.4 is 4.90 Å². The molecule has 1 atom stereocenters. The lowest BCUT2D eigenvalue weighted by Crippen LogP contribution is -2.31. The number of aliphatic hydroxyl groups is 1. The summed E-state index contributed by atoms with van der Waals surface area (Å²) >= 11 is 6.12.